The molecule has 0 spiro atoms. The lowest BCUT2D eigenvalue weighted by atomic mass is 10.2. The maximum absolute atomic E-state index is 5.84. The first-order valence-corrected chi connectivity index (χ1v) is 5.53. The molecule has 0 radical (unpaired) electrons. The Balaban J connectivity index is 2.59. The fourth-order valence-corrected chi connectivity index (χ4v) is 1.55. The van der Waals surface area contributed by atoms with E-state index in [4.69, 9.17) is 10.5 Å². The molecule has 1 rings (SSSR count). The minimum Gasteiger partial charge on any atom is -0.397 e. The molecule has 0 aliphatic rings. The molecule has 0 amide bonds. The zero-order chi connectivity index (χ0) is 10.6. The third-order valence-electron chi connectivity index (χ3n) is 2.00. The van der Waals surface area contributed by atoms with Gasteiger partial charge < -0.3 is 15.8 Å². The number of hydrogen-bond acceptors (Lipinski definition) is 3. The fraction of sp³-hybridized carbons (Fsp3) is 0.400. The van der Waals surface area contributed by atoms with E-state index in [1.807, 2.05) is 25.1 Å². The molecule has 1 atom stereocenters. The van der Waals surface area contributed by atoms with Gasteiger partial charge in [-0.1, -0.05) is 0 Å². The molecule has 1 unspecified atom stereocenters. The number of ether oxygens (including phenoxy) is 1. The van der Waals surface area contributed by atoms with E-state index in [0.29, 0.717) is 0 Å². The molecule has 1 aromatic carbocycles. The largest absolute Gasteiger partial charge is 0.397 e. The quantitative estimate of drug-likeness (QED) is 0.663. The van der Waals surface area contributed by atoms with Crippen LogP contribution in [0.3, 0.4) is 0 Å². The van der Waals surface area contributed by atoms with Crippen molar-refractivity contribution in [3.05, 3.63) is 21.8 Å². The minimum absolute atomic E-state index is 0.189. The number of nitrogens with two attached hydrogens (primary N) is 1. The van der Waals surface area contributed by atoms with E-state index in [2.05, 4.69) is 27.9 Å². The predicted molar refractivity (Wildman–Crippen MR) is 68.5 cm³/mol. The first-order valence-electron chi connectivity index (χ1n) is 4.45. The number of hydrogen-bond donors (Lipinski definition) is 2. The number of benzene rings is 1. The molecular formula is C10H15IN2O. The summed E-state index contributed by atoms with van der Waals surface area (Å²) in [5.74, 6) is 0. The van der Waals surface area contributed by atoms with Gasteiger partial charge in [0.25, 0.3) is 0 Å². The standard InChI is InChI=1S/C10H15IN2O/c1-7(14-2)6-13-10-4-3-8(11)5-9(10)12/h3-5,7,13H,6,12H2,1-2H3. The van der Waals surface area contributed by atoms with Crippen LogP contribution in [-0.4, -0.2) is 19.8 Å². The molecule has 0 fully saturated rings. The third kappa shape index (κ3) is 3.34. The van der Waals surface area contributed by atoms with Gasteiger partial charge in [0.05, 0.1) is 17.5 Å². The Morgan fingerprint density at radius 3 is 2.86 bits per heavy atom. The molecule has 4 heteroatoms. The van der Waals surface area contributed by atoms with Crippen molar-refractivity contribution in [2.24, 2.45) is 0 Å². The molecule has 78 valence electrons. The van der Waals surface area contributed by atoms with Gasteiger partial charge in [0, 0.05) is 17.2 Å². The first-order chi connectivity index (χ1) is 6.63. The highest BCUT2D eigenvalue weighted by Gasteiger charge is 2.02. The van der Waals surface area contributed by atoms with E-state index < -0.39 is 0 Å². The molecule has 3 nitrogen and oxygen atoms in total. The molecule has 0 aliphatic heterocycles. The number of halogens is 1. The first kappa shape index (κ1) is 11.6. The van der Waals surface area contributed by atoms with E-state index in [0.717, 1.165) is 21.5 Å². The van der Waals surface area contributed by atoms with Crippen LogP contribution < -0.4 is 11.1 Å². The summed E-state index contributed by atoms with van der Waals surface area (Å²) >= 11 is 2.24. The number of methoxy groups -OCH3 is 1. The van der Waals surface area contributed by atoms with Crippen molar-refractivity contribution in [2.75, 3.05) is 24.7 Å². The van der Waals surface area contributed by atoms with Crippen LogP contribution in [0.2, 0.25) is 0 Å². The minimum atomic E-state index is 0.189. The summed E-state index contributed by atoms with van der Waals surface area (Å²) in [6.45, 7) is 2.77. The maximum atomic E-state index is 5.84. The van der Waals surface area contributed by atoms with Crippen LogP contribution in [-0.2, 0) is 4.74 Å². The summed E-state index contributed by atoms with van der Waals surface area (Å²) in [4.78, 5) is 0. The summed E-state index contributed by atoms with van der Waals surface area (Å²) in [5.41, 5.74) is 7.59. The van der Waals surface area contributed by atoms with E-state index in [-0.39, 0.29) is 6.10 Å². The van der Waals surface area contributed by atoms with Gasteiger partial charge in [-0.3, -0.25) is 0 Å². The van der Waals surface area contributed by atoms with Crippen LogP contribution in [0.5, 0.6) is 0 Å². The highest BCUT2D eigenvalue weighted by atomic mass is 127. The van der Waals surface area contributed by atoms with E-state index in [9.17, 15) is 0 Å². The fourth-order valence-electron chi connectivity index (χ4n) is 1.03. The van der Waals surface area contributed by atoms with Gasteiger partial charge in [0.2, 0.25) is 0 Å². The van der Waals surface area contributed by atoms with E-state index in [1.165, 1.54) is 0 Å². The predicted octanol–water partition coefficient (Wildman–Crippen LogP) is 2.32. The number of anilines is 2. The summed E-state index contributed by atoms with van der Waals surface area (Å²) < 4.78 is 6.27. The molecule has 14 heavy (non-hydrogen) atoms. The van der Waals surface area contributed by atoms with Crippen molar-refractivity contribution in [1.82, 2.24) is 0 Å². The Bertz CT molecular complexity index is 304. The van der Waals surface area contributed by atoms with Crippen molar-refractivity contribution in [2.45, 2.75) is 13.0 Å². The van der Waals surface area contributed by atoms with Crippen LogP contribution in [0.1, 0.15) is 6.92 Å². The van der Waals surface area contributed by atoms with Gasteiger partial charge in [-0.15, -0.1) is 0 Å². The molecule has 3 N–H and O–H groups in total. The number of nitrogens with one attached hydrogen (secondary N) is 1. The third-order valence-corrected chi connectivity index (χ3v) is 2.67. The SMILES string of the molecule is COC(C)CNc1ccc(I)cc1N. The molecule has 1 aromatic rings. The molecule has 0 heterocycles. The van der Waals surface area contributed by atoms with Crippen molar-refractivity contribution in [3.63, 3.8) is 0 Å². The van der Waals surface area contributed by atoms with Gasteiger partial charge >= 0.3 is 0 Å². The van der Waals surface area contributed by atoms with Gasteiger partial charge in [-0.25, -0.2) is 0 Å². The normalized spacial score (nSPS) is 12.5. The summed E-state index contributed by atoms with van der Waals surface area (Å²) in [6.07, 6.45) is 0.189. The molecule has 0 bridgehead atoms. The second-order valence-corrected chi connectivity index (χ2v) is 4.40. The van der Waals surface area contributed by atoms with Gasteiger partial charge in [0.1, 0.15) is 0 Å². The van der Waals surface area contributed by atoms with Crippen LogP contribution in [0.4, 0.5) is 11.4 Å². The molecular weight excluding hydrogens is 291 g/mol. The lowest BCUT2D eigenvalue weighted by Gasteiger charge is -2.13. The van der Waals surface area contributed by atoms with Crippen molar-refractivity contribution in [3.8, 4) is 0 Å². The van der Waals surface area contributed by atoms with Crippen molar-refractivity contribution >= 4 is 34.0 Å². The topological polar surface area (TPSA) is 47.3 Å². The second-order valence-electron chi connectivity index (χ2n) is 3.16. The molecule has 0 aliphatic carbocycles. The zero-order valence-corrected chi connectivity index (χ0v) is 10.5. The van der Waals surface area contributed by atoms with E-state index in [1.54, 1.807) is 7.11 Å². The Morgan fingerprint density at radius 2 is 2.29 bits per heavy atom. The highest BCUT2D eigenvalue weighted by Crippen LogP contribution is 2.20. The second kappa shape index (κ2) is 5.41. The average molecular weight is 306 g/mol. The van der Waals surface area contributed by atoms with Crippen LogP contribution in [0.25, 0.3) is 0 Å². The van der Waals surface area contributed by atoms with Gasteiger partial charge in [-0.05, 0) is 47.7 Å². The van der Waals surface area contributed by atoms with Crippen molar-refractivity contribution in [1.29, 1.82) is 0 Å². The van der Waals surface area contributed by atoms with Gasteiger partial charge in [-0.2, -0.15) is 0 Å². The number of nitrogen functional groups attached to an aromatic ring is 1. The van der Waals surface area contributed by atoms with Crippen LogP contribution in [0, 0.1) is 3.57 Å². The maximum Gasteiger partial charge on any atom is 0.0715 e. The van der Waals surface area contributed by atoms with Gasteiger partial charge in [0.15, 0.2) is 0 Å². The Labute approximate surface area is 98.2 Å². The molecule has 0 saturated carbocycles. The smallest absolute Gasteiger partial charge is 0.0715 e. The van der Waals surface area contributed by atoms with E-state index >= 15 is 0 Å². The molecule has 0 aromatic heterocycles. The van der Waals surface area contributed by atoms with Crippen LogP contribution in [0.15, 0.2) is 18.2 Å². The monoisotopic (exact) mass is 306 g/mol. The Morgan fingerprint density at radius 1 is 1.57 bits per heavy atom. The lowest BCUT2D eigenvalue weighted by Crippen LogP contribution is -2.18. The summed E-state index contributed by atoms with van der Waals surface area (Å²) in [5, 5.41) is 3.24. The number of rotatable bonds is 4. The summed E-state index contributed by atoms with van der Waals surface area (Å²) in [6, 6.07) is 5.95. The summed E-state index contributed by atoms with van der Waals surface area (Å²) in [7, 11) is 1.70. The molecule has 0 saturated heterocycles. The Kier molecular flexibility index (Phi) is 4.47. The van der Waals surface area contributed by atoms with Crippen LogP contribution >= 0.6 is 22.6 Å². The average Bonchev–Trinajstić information content (AvgIpc) is 2.16. The highest BCUT2D eigenvalue weighted by molar-refractivity contribution is 14.1. The Hall–Kier alpha value is -0.490. The van der Waals surface area contributed by atoms with Crippen molar-refractivity contribution < 1.29 is 4.74 Å². The lowest BCUT2D eigenvalue weighted by molar-refractivity contribution is 0.129. The zero-order valence-electron chi connectivity index (χ0n) is 8.38.